The van der Waals surface area contributed by atoms with Crippen molar-refractivity contribution in [2.75, 3.05) is 5.75 Å². The lowest BCUT2D eigenvalue weighted by Crippen LogP contribution is -2.10. The van der Waals surface area contributed by atoms with E-state index in [1.165, 1.54) is 4.88 Å². The summed E-state index contributed by atoms with van der Waals surface area (Å²) >= 11 is 3.45. The van der Waals surface area contributed by atoms with Crippen LogP contribution in [-0.2, 0) is 19.9 Å². The van der Waals surface area contributed by atoms with Crippen molar-refractivity contribution in [2.24, 2.45) is 7.05 Å². The van der Waals surface area contributed by atoms with Crippen LogP contribution >= 0.6 is 23.1 Å². The average molecular weight is 320 g/mol. The fourth-order valence-electron chi connectivity index (χ4n) is 2.97. The third kappa shape index (κ3) is 1.80. The highest BCUT2D eigenvalue weighted by molar-refractivity contribution is 7.99. The molecule has 21 heavy (non-hydrogen) atoms. The Morgan fingerprint density at radius 3 is 3.00 bits per heavy atom. The van der Waals surface area contributed by atoms with Gasteiger partial charge in [0.2, 0.25) is 11.2 Å². The first kappa shape index (κ1) is 13.3. The molecule has 0 saturated carbocycles. The molecule has 5 nitrogen and oxygen atoms in total. The highest BCUT2D eigenvalue weighted by Gasteiger charge is 2.24. The Labute approximate surface area is 130 Å². The van der Waals surface area contributed by atoms with E-state index >= 15 is 0 Å². The van der Waals surface area contributed by atoms with Gasteiger partial charge in [0.15, 0.2) is 5.16 Å². The van der Waals surface area contributed by atoms with Gasteiger partial charge in [-0.05, 0) is 25.7 Å². The second-order valence-corrected chi connectivity index (χ2v) is 7.51. The number of thioether (sulfide) groups is 1. The van der Waals surface area contributed by atoms with Crippen LogP contribution in [0.3, 0.4) is 0 Å². The second kappa shape index (κ2) is 4.84. The van der Waals surface area contributed by atoms with Crippen LogP contribution in [-0.4, -0.2) is 24.9 Å². The maximum atomic E-state index is 12.8. The Morgan fingerprint density at radius 1 is 1.33 bits per heavy atom. The van der Waals surface area contributed by atoms with E-state index in [9.17, 15) is 4.79 Å². The highest BCUT2D eigenvalue weighted by atomic mass is 32.2. The average Bonchev–Trinajstić information content (AvgIpc) is 3.15. The first-order chi connectivity index (χ1) is 10.2. The summed E-state index contributed by atoms with van der Waals surface area (Å²) in [5.41, 5.74) is 1.99. The molecule has 3 aromatic rings. The first-order valence-electron chi connectivity index (χ1n) is 7.23. The zero-order valence-electron chi connectivity index (χ0n) is 12.0. The van der Waals surface area contributed by atoms with Gasteiger partial charge in [-0.2, -0.15) is 0 Å². The minimum atomic E-state index is 0.190. The molecule has 1 aliphatic rings. The van der Waals surface area contributed by atoms with Gasteiger partial charge in [-0.1, -0.05) is 18.7 Å². The van der Waals surface area contributed by atoms with E-state index in [2.05, 4.69) is 21.5 Å². The summed E-state index contributed by atoms with van der Waals surface area (Å²) in [6.45, 7) is 2.15. The van der Waals surface area contributed by atoms with Gasteiger partial charge in [0.25, 0.3) is 0 Å². The molecule has 0 bridgehead atoms. The van der Waals surface area contributed by atoms with E-state index in [1.54, 1.807) is 23.1 Å². The lowest BCUT2D eigenvalue weighted by atomic mass is 10.2. The summed E-state index contributed by atoms with van der Waals surface area (Å²) in [7, 11) is 1.91. The molecule has 0 N–H and O–H groups in total. The SMILES string of the molecule is CCCSc1nnc2n(C)c3c(=O)c4c(sc3n12)CCC4. The van der Waals surface area contributed by atoms with Crippen molar-refractivity contribution in [1.29, 1.82) is 0 Å². The van der Waals surface area contributed by atoms with Crippen LogP contribution < -0.4 is 5.43 Å². The van der Waals surface area contributed by atoms with Gasteiger partial charge >= 0.3 is 0 Å². The molecule has 3 aromatic heterocycles. The van der Waals surface area contributed by atoms with Crippen LogP contribution in [0.15, 0.2) is 9.95 Å². The van der Waals surface area contributed by atoms with Crippen LogP contribution in [0, 0.1) is 0 Å². The molecule has 0 aliphatic heterocycles. The molecule has 0 spiro atoms. The molecule has 0 unspecified atom stereocenters. The minimum Gasteiger partial charge on any atom is -0.307 e. The van der Waals surface area contributed by atoms with Crippen molar-refractivity contribution in [3.63, 3.8) is 0 Å². The number of aromatic nitrogens is 4. The van der Waals surface area contributed by atoms with Crippen LogP contribution in [0.1, 0.15) is 30.2 Å². The molecule has 0 aromatic carbocycles. The maximum Gasteiger partial charge on any atom is 0.237 e. The molecule has 0 fully saturated rings. The molecule has 4 rings (SSSR count). The largest absolute Gasteiger partial charge is 0.307 e. The quantitative estimate of drug-likeness (QED) is 0.696. The van der Waals surface area contributed by atoms with E-state index in [1.807, 2.05) is 11.6 Å². The standard InChI is InChI=1S/C14H16N4OS2/c1-3-7-20-14-16-15-13-17(2)10-11(19)8-5-4-6-9(8)21-12(10)18(13)14/h3-7H2,1-2H3. The van der Waals surface area contributed by atoms with Crippen molar-refractivity contribution in [1.82, 2.24) is 19.2 Å². The van der Waals surface area contributed by atoms with Crippen molar-refractivity contribution in [3.05, 3.63) is 20.7 Å². The van der Waals surface area contributed by atoms with Crippen LogP contribution in [0.2, 0.25) is 0 Å². The third-order valence-corrected chi connectivity index (χ3v) is 6.37. The number of hydrogen-bond donors (Lipinski definition) is 0. The van der Waals surface area contributed by atoms with Crippen molar-refractivity contribution in [2.45, 2.75) is 37.8 Å². The summed E-state index contributed by atoms with van der Waals surface area (Å²) in [4.78, 5) is 15.0. The molecule has 3 heterocycles. The number of fused-ring (bicyclic) bond motifs is 4. The van der Waals surface area contributed by atoms with E-state index in [-0.39, 0.29) is 5.43 Å². The molecule has 0 atom stereocenters. The van der Waals surface area contributed by atoms with Gasteiger partial charge in [-0.25, -0.2) is 4.40 Å². The topological polar surface area (TPSA) is 52.2 Å². The lowest BCUT2D eigenvalue weighted by molar-refractivity contribution is 0.910. The number of imidazole rings is 1. The van der Waals surface area contributed by atoms with Crippen LogP contribution in [0.5, 0.6) is 0 Å². The minimum absolute atomic E-state index is 0.190. The lowest BCUT2D eigenvalue weighted by Gasteiger charge is -2.00. The Kier molecular flexibility index (Phi) is 3.08. The normalized spacial score (nSPS) is 14.4. The van der Waals surface area contributed by atoms with Gasteiger partial charge in [0, 0.05) is 23.2 Å². The third-order valence-electron chi connectivity index (χ3n) is 3.97. The predicted molar refractivity (Wildman–Crippen MR) is 86.7 cm³/mol. The van der Waals surface area contributed by atoms with Gasteiger partial charge in [0.1, 0.15) is 10.3 Å². The molecule has 110 valence electrons. The molecule has 0 saturated heterocycles. The Morgan fingerprint density at radius 2 is 2.19 bits per heavy atom. The van der Waals surface area contributed by atoms with Gasteiger partial charge in [-0.3, -0.25) is 4.79 Å². The smallest absolute Gasteiger partial charge is 0.237 e. The van der Waals surface area contributed by atoms with Gasteiger partial charge in [-0.15, -0.1) is 21.5 Å². The van der Waals surface area contributed by atoms with E-state index < -0.39 is 0 Å². The molecule has 0 radical (unpaired) electrons. The zero-order valence-corrected chi connectivity index (χ0v) is 13.7. The molecular weight excluding hydrogens is 304 g/mol. The summed E-state index contributed by atoms with van der Waals surface area (Å²) in [5.74, 6) is 1.78. The van der Waals surface area contributed by atoms with Crippen molar-refractivity contribution in [3.8, 4) is 0 Å². The first-order valence-corrected chi connectivity index (χ1v) is 9.03. The number of nitrogens with zero attached hydrogens (tertiary/aromatic N) is 4. The monoisotopic (exact) mass is 320 g/mol. The Balaban J connectivity index is 2.08. The van der Waals surface area contributed by atoms with E-state index in [4.69, 9.17) is 0 Å². The second-order valence-electron chi connectivity index (χ2n) is 5.37. The number of aryl methyl sites for hydroxylation is 2. The highest BCUT2D eigenvalue weighted by Crippen LogP contribution is 2.32. The van der Waals surface area contributed by atoms with E-state index in [0.717, 1.165) is 58.3 Å². The predicted octanol–water partition coefficient (Wildman–Crippen LogP) is 2.63. The van der Waals surface area contributed by atoms with Gasteiger partial charge < -0.3 is 4.57 Å². The Bertz CT molecular complexity index is 905. The summed E-state index contributed by atoms with van der Waals surface area (Å²) in [5, 5.41) is 9.46. The summed E-state index contributed by atoms with van der Waals surface area (Å²) < 4.78 is 3.95. The van der Waals surface area contributed by atoms with Crippen LogP contribution in [0.4, 0.5) is 0 Å². The number of hydrogen-bond acceptors (Lipinski definition) is 5. The molecule has 1 aliphatic carbocycles. The maximum absolute atomic E-state index is 12.8. The fourth-order valence-corrected chi connectivity index (χ4v) is 5.19. The molecular formula is C14H16N4OS2. The van der Waals surface area contributed by atoms with Crippen molar-refractivity contribution < 1.29 is 0 Å². The molecule has 7 heteroatoms. The summed E-state index contributed by atoms with van der Waals surface area (Å²) in [6, 6.07) is 0. The molecule has 0 amide bonds. The van der Waals surface area contributed by atoms with E-state index in [0.29, 0.717) is 0 Å². The van der Waals surface area contributed by atoms with Crippen LogP contribution in [0.25, 0.3) is 16.1 Å². The number of rotatable bonds is 3. The summed E-state index contributed by atoms with van der Waals surface area (Å²) in [6.07, 6.45) is 4.14. The zero-order chi connectivity index (χ0) is 14.6. The van der Waals surface area contributed by atoms with Gasteiger partial charge in [0.05, 0.1) is 0 Å². The Hall–Kier alpha value is -1.34. The fraction of sp³-hybridized carbons (Fsp3) is 0.500. The van der Waals surface area contributed by atoms with Crippen molar-refractivity contribution >= 4 is 39.2 Å².